The molecule has 0 saturated heterocycles. The van der Waals surface area contributed by atoms with E-state index in [0.29, 0.717) is 12.2 Å². The summed E-state index contributed by atoms with van der Waals surface area (Å²) in [6.45, 7) is 2.56. The van der Waals surface area contributed by atoms with Crippen LogP contribution in [-0.4, -0.2) is 11.1 Å². The van der Waals surface area contributed by atoms with Crippen LogP contribution >= 0.6 is 15.9 Å². The zero-order chi connectivity index (χ0) is 18.4. The number of halogens is 1. The predicted octanol–water partition coefficient (Wildman–Crippen LogP) is 5.50. The van der Waals surface area contributed by atoms with Crippen LogP contribution in [0.3, 0.4) is 0 Å². The van der Waals surface area contributed by atoms with E-state index in [0.717, 1.165) is 21.2 Å². The molecule has 3 rings (SSSR count). The van der Waals surface area contributed by atoms with Crippen molar-refractivity contribution in [1.82, 2.24) is 4.98 Å². The van der Waals surface area contributed by atoms with Gasteiger partial charge in [0.1, 0.15) is 6.61 Å². The normalized spacial score (nSPS) is 10.4. The number of aryl methyl sites for hydroxylation is 1. The van der Waals surface area contributed by atoms with Gasteiger partial charge in [-0.3, -0.25) is 9.88 Å². The molecule has 0 saturated carbocycles. The Balaban J connectivity index is 1.82. The molecule has 1 heterocycles. The second-order valence-electron chi connectivity index (χ2n) is 5.94. The zero-order valence-corrected chi connectivity index (χ0v) is 16.0. The van der Waals surface area contributed by atoms with Gasteiger partial charge in [0.2, 0.25) is 0 Å². The van der Waals surface area contributed by atoms with E-state index in [9.17, 15) is 4.79 Å². The van der Waals surface area contributed by atoms with Crippen molar-refractivity contribution in [2.45, 2.75) is 20.1 Å². The monoisotopic (exact) mass is 410 g/mol. The molecule has 0 atom stereocenters. The van der Waals surface area contributed by atoms with Crippen LogP contribution in [0.5, 0.6) is 0 Å². The molecule has 1 amide bonds. The SMILES string of the molecule is Cc1cncc(N(Cc2ccccc2Br)C(=O)OCc2ccccc2)c1. The standard InChI is InChI=1S/C21H19BrN2O2/c1-16-11-19(13-23-12-16)24(14-18-9-5-6-10-20(18)22)21(25)26-15-17-7-3-2-4-8-17/h2-13H,14-15H2,1H3. The zero-order valence-electron chi connectivity index (χ0n) is 14.4. The molecule has 132 valence electrons. The van der Waals surface area contributed by atoms with Gasteiger partial charge in [0.05, 0.1) is 18.4 Å². The number of carbonyl (C=O) groups excluding carboxylic acids is 1. The highest BCUT2D eigenvalue weighted by Gasteiger charge is 2.19. The first kappa shape index (κ1) is 18.1. The molecule has 0 bridgehead atoms. The maximum atomic E-state index is 12.8. The number of pyridine rings is 1. The van der Waals surface area contributed by atoms with E-state index < -0.39 is 6.09 Å². The lowest BCUT2D eigenvalue weighted by Crippen LogP contribution is -2.31. The van der Waals surface area contributed by atoms with E-state index in [1.165, 1.54) is 0 Å². The Morgan fingerprint density at radius 3 is 2.54 bits per heavy atom. The fraction of sp³-hybridized carbons (Fsp3) is 0.143. The molecule has 0 aliphatic rings. The van der Waals surface area contributed by atoms with Crippen molar-refractivity contribution in [3.05, 3.63) is 94.2 Å². The van der Waals surface area contributed by atoms with E-state index in [4.69, 9.17) is 4.74 Å². The number of rotatable bonds is 5. The molecule has 1 aromatic heterocycles. The minimum atomic E-state index is -0.406. The molecule has 2 aromatic carbocycles. The third kappa shape index (κ3) is 4.70. The molecule has 0 radical (unpaired) electrons. The molecule has 0 aliphatic heterocycles. The molecular weight excluding hydrogens is 392 g/mol. The van der Waals surface area contributed by atoms with Crippen LogP contribution < -0.4 is 4.90 Å². The van der Waals surface area contributed by atoms with Gasteiger partial charge in [-0.05, 0) is 35.7 Å². The molecule has 0 spiro atoms. The molecule has 0 unspecified atom stereocenters. The summed E-state index contributed by atoms with van der Waals surface area (Å²) in [7, 11) is 0. The van der Waals surface area contributed by atoms with Crippen molar-refractivity contribution < 1.29 is 9.53 Å². The van der Waals surface area contributed by atoms with Crippen LogP contribution in [0.25, 0.3) is 0 Å². The first-order valence-corrected chi connectivity index (χ1v) is 9.06. The van der Waals surface area contributed by atoms with Gasteiger partial charge in [-0.2, -0.15) is 0 Å². The maximum Gasteiger partial charge on any atom is 0.414 e. The third-order valence-electron chi connectivity index (χ3n) is 3.88. The van der Waals surface area contributed by atoms with Crippen LogP contribution in [0.15, 0.2) is 77.5 Å². The van der Waals surface area contributed by atoms with Crippen molar-refractivity contribution in [3.63, 3.8) is 0 Å². The lowest BCUT2D eigenvalue weighted by atomic mass is 10.2. The van der Waals surface area contributed by atoms with Crippen LogP contribution in [-0.2, 0) is 17.9 Å². The lowest BCUT2D eigenvalue weighted by Gasteiger charge is -2.23. The van der Waals surface area contributed by atoms with Gasteiger partial charge in [-0.25, -0.2) is 4.79 Å². The summed E-state index contributed by atoms with van der Waals surface area (Å²) in [5.74, 6) is 0. The molecule has 26 heavy (non-hydrogen) atoms. The van der Waals surface area contributed by atoms with Gasteiger partial charge in [0, 0.05) is 10.7 Å². The number of benzene rings is 2. The minimum absolute atomic E-state index is 0.228. The summed E-state index contributed by atoms with van der Waals surface area (Å²) in [5, 5.41) is 0. The van der Waals surface area contributed by atoms with Crippen LogP contribution in [0.1, 0.15) is 16.7 Å². The summed E-state index contributed by atoms with van der Waals surface area (Å²) >= 11 is 3.54. The van der Waals surface area contributed by atoms with Crippen molar-refractivity contribution in [2.24, 2.45) is 0 Å². The van der Waals surface area contributed by atoms with Gasteiger partial charge in [-0.1, -0.05) is 64.5 Å². The van der Waals surface area contributed by atoms with Crippen molar-refractivity contribution >= 4 is 27.7 Å². The largest absolute Gasteiger partial charge is 0.444 e. The lowest BCUT2D eigenvalue weighted by molar-refractivity contribution is 0.146. The number of anilines is 1. The number of ether oxygens (including phenoxy) is 1. The van der Waals surface area contributed by atoms with Gasteiger partial charge in [0.25, 0.3) is 0 Å². The Bertz CT molecular complexity index is 884. The summed E-state index contributed by atoms with van der Waals surface area (Å²) in [6.07, 6.45) is 3.03. The summed E-state index contributed by atoms with van der Waals surface area (Å²) in [4.78, 5) is 18.6. The van der Waals surface area contributed by atoms with Crippen molar-refractivity contribution in [2.75, 3.05) is 4.90 Å². The fourth-order valence-corrected chi connectivity index (χ4v) is 2.95. The highest BCUT2D eigenvalue weighted by atomic mass is 79.9. The third-order valence-corrected chi connectivity index (χ3v) is 4.66. The van der Waals surface area contributed by atoms with E-state index >= 15 is 0 Å². The molecule has 3 aromatic rings. The number of amides is 1. The molecule has 0 fully saturated rings. The van der Waals surface area contributed by atoms with Crippen LogP contribution in [0.4, 0.5) is 10.5 Å². The Labute approximate surface area is 161 Å². The minimum Gasteiger partial charge on any atom is -0.444 e. The van der Waals surface area contributed by atoms with Crippen molar-refractivity contribution in [3.8, 4) is 0 Å². The molecule has 5 heteroatoms. The maximum absolute atomic E-state index is 12.8. The van der Waals surface area contributed by atoms with Crippen molar-refractivity contribution in [1.29, 1.82) is 0 Å². The second kappa shape index (κ2) is 8.63. The second-order valence-corrected chi connectivity index (χ2v) is 6.79. The van der Waals surface area contributed by atoms with E-state index in [2.05, 4.69) is 20.9 Å². The van der Waals surface area contributed by atoms with Crippen LogP contribution in [0, 0.1) is 6.92 Å². The smallest absolute Gasteiger partial charge is 0.414 e. The van der Waals surface area contributed by atoms with Gasteiger partial charge in [0.15, 0.2) is 0 Å². The Hall–Kier alpha value is -2.66. The molecule has 0 N–H and O–H groups in total. The average Bonchev–Trinajstić information content (AvgIpc) is 2.66. The quantitative estimate of drug-likeness (QED) is 0.557. The molecule has 0 aliphatic carbocycles. The van der Waals surface area contributed by atoms with Gasteiger partial charge < -0.3 is 4.74 Å². The number of hydrogen-bond acceptors (Lipinski definition) is 3. The number of carbonyl (C=O) groups is 1. The van der Waals surface area contributed by atoms with Crippen LogP contribution in [0.2, 0.25) is 0 Å². The molecular formula is C21H19BrN2O2. The predicted molar refractivity (Wildman–Crippen MR) is 106 cm³/mol. The van der Waals surface area contributed by atoms with Gasteiger partial charge >= 0.3 is 6.09 Å². The fourth-order valence-electron chi connectivity index (χ4n) is 2.54. The Morgan fingerprint density at radius 1 is 1.08 bits per heavy atom. The first-order chi connectivity index (χ1) is 12.6. The van der Waals surface area contributed by atoms with Gasteiger partial charge in [-0.15, -0.1) is 0 Å². The highest BCUT2D eigenvalue weighted by Crippen LogP contribution is 2.23. The molecule has 4 nitrogen and oxygen atoms in total. The van der Waals surface area contributed by atoms with E-state index in [1.54, 1.807) is 17.3 Å². The van der Waals surface area contributed by atoms with E-state index in [1.807, 2.05) is 67.6 Å². The number of hydrogen-bond donors (Lipinski definition) is 0. The number of nitrogens with zero attached hydrogens (tertiary/aromatic N) is 2. The summed E-state index contributed by atoms with van der Waals surface area (Å²) < 4.78 is 6.49. The first-order valence-electron chi connectivity index (χ1n) is 8.27. The average molecular weight is 411 g/mol. The number of aromatic nitrogens is 1. The summed E-state index contributed by atoms with van der Waals surface area (Å²) in [6, 6.07) is 19.4. The summed E-state index contributed by atoms with van der Waals surface area (Å²) in [5.41, 5.74) is 3.63. The van der Waals surface area contributed by atoms with E-state index in [-0.39, 0.29) is 6.61 Å². The Kier molecular flexibility index (Phi) is 6.02. The topological polar surface area (TPSA) is 42.4 Å². The Morgan fingerprint density at radius 2 is 1.81 bits per heavy atom. The highest BCUT2D eigenvalue weighted by molar-refractivity contribution is 9.10.